The van der Waals surface area contributed by atoms with Gasteiger partial charge in [0.05, 0.1) is 13.2 Å². The number of hydrogen-bond donors (Lipinski definition) is 1. The van der Waals surface area contributed by atoms with Gasteiger partial charge in [-0.1, -0.05) is 53.9 Å². The fourth-order valence-corrected chi connectivity index (χ4v) is 3.54. The molecule has 0 fully saturated rings. The minimum Gasteiger partial charge on any atom is -0.496 e. The van der Waals surface area contributed by atoms with E-state index >= 15 is 0 Å². The highest BCUT2D eigenvalue weighted by atomic mass is 79.9. The van der Waals surface area contributed by atoms with Crippen molar-refractivity contribution < 1.29 is 4.74 Å². The summed E-state index contributed by atoms with van der Waals surface area (Å²) >= 11 is 10.5. The first-order valence-electron chi connectivity index (χ1n) is 5.57. The second kappa shape index (κ2) is 6.39. The van der Waals surface area contributed by atoms with Gasteiger partial charge in [-0.15, -0.1) is 0 Å². The van der Waals surface area contributed by atoms with Crippen LogP contribution in [0.5, 0.6) is 5.75 Å². The highest BCUT2D eigenvalue weighted by molar-refractivity contribution is 9.11. The monoisotopic (exact) mass is 447 g/mol. The molecule has 0 aliphatic rings. The zero-order chi connectivity index (χ0) is 14.0. The molecular weight excluding hydrogens is 438 g/mol. The second-order valence-electron chi connectivity index (χ2n) is 4.03. The van der Waals surface area contributed by atoms with Gasteiger partial charge >= 0.3 is 0 Å². The first-order chi connectivity index (χ1) is 9.02. The van der Waals surface area contributed by atoms with Crippen LogP contribution in [0, 0.1) is 0 Å². The average molecular weight is 450 g/mol. The highest BCUT2D eigenvalue weighted by Gasteiger charge is 2.17. The van der Waals surface area contributed by atoms with Crippen LogP contribution in [0.3, 0.4) is 0 Å². The minimum atomic E-state index is -0.255. The van der Waals surface area contributed by atoms with Crippen molar-refractivity contribution >= 4 is 47.8 Å². The van der Waals surface area contributed by atoms with Crippen molar-refractivity contribution in [1.82, 2.24) is 0 Å². The van der Waals surface area contributed by atoms with Crippen molar-refractivity contribution in [3.05, 3.63) is 60.9 Å². The Morgan fingerprint density at radius 2 is 1.58 bits per heavy atom. The van der Waals surface area contributed by atoms with Crippen molar-refractivity contribution in [2.75, 3.05) is 7.11 Å². The molecule has 0 heterocycles. The van der Waals surface area contributed by atoms with Crippen molar-refractivity contribution in [3.63, 3.8) is 0 Å². The molecule has 5 heteroatoms. The zero-order valence-electron chi connectivity index (χ0n) is 10.2. The summed E-state index contributed by atoms with van der Waals surface area (Å²) in [5.41, 5.74) is 8.32. The number of nitrogens with two attached hydrogens (primary N) is 1. The first kappa shape index (κ1) is 15.0. The summed E-state index contributed by atoms with van der Waals surface area (Å²) in [4.78, 5) is 0. The molecule has 1 unspecified atom stereocenters. The molecule has 0 amide bonds. The van der Waals surface area contributed by atoms with E-state index in [-0.39, 0.29) is 6.04 Å². The molecule has 2 aromatic rings. The van der Waals surface area contributed by atoms with Gasteiger partial charge in [-0.2, -0.15) is 0 Å². The van der Waals surface area contributed by atoms with Gasteiger partial charge in [0.2, 0.25) is 0 Å². The van der Waals surface area contributed by atoms with Crippen molar-refractivity contribution in [1.29, 1.82) is 0 Å². The van der Waals surface area contributed by atoms with Crippen LogP contribution in [0.15, 0.2) is 49.8 Å². The van der Waals surface area contributed by atoms with Gasteiger partial charge < -0.3 is 10.5 Å². The lowest BCUT2D eigenvalue weighted by molar-refractivity contribution is 0.407. The number of methoxy groups -OCH3 is 1. The Kier molecular flexibility index (Phi) is 5.06. The van der Waals surface area contributed by atoms with Crippen molar-refractivity contribution in [2.24, 2.45) is 5.73 Å². The van der Waals surface area contributed by atoms with E-state index in [4.69, 9.17) is 10.5 Å². The lowest BCUT2D eigenvalue weighted by atomic mass is 9.99. The lowest BCUT2D eigenvalue weighted by Gasteiger charge is -2.18. The van der Waals surface area contributed by atoms with Gasteiger partial charge in [0.25, 0.3) is 0 Å². The third-order valence-electron chi connectivity index (χ3n) is 2.82. The average Bonchev–Trinajstić information content (AvgIpc) is 2.38. The lowest BCUT2D eigenvalue weighted by Crippen LogP contribution is -2.13. The fourth-order valence-electron chi connectivity index (χ4n) is 1.87. The Labute approximate surface area is 137 Å². The maximum atomic E-state index is 6.37. The largest absolute Gasteiger partial charge is 0.496 e. The van der Waals surface area contributed by atoms with Crippen LogP contribution in [0.1, 0.15) is 17.2 Å². The minimum absolute atomic E-state index is 0.255. The first-order valence-corrected chi connectivity index (χ1v) is 7.95. The van der Waals surface area contributed by atoms with Gasteiger partial charge in [-0.05, 0) is 35.9 Å². The van der Waals surface area contributed by atoms with Crippen LogP contribution in [-0.4, -0.2) is 7.11 Å². The van der Waals surface area contributed by atoms with E-state index < -0.39 is 0 Å². The zero-order valence-corrected chi connectivity index (χ0v) is 14.9. The molecule has 2 rings (SSSR count). The Morgan fingerprint density at radius 1 is 0.947 bits per heavy atom. The predicted molar refractivity (Wildman–Crippen MR) is 88.6 cm³/mol. The van der Waals surface area contributed by atoms with Crippen LogP contribution >= 0.6 is 47.8 Å². The van der Waals surface area contributed by atoms with E-state index in [1.807, 2.05) is 36.4 Å². The number of benzene rings is 2. The van der Waals surface area contributed by atoms with E-state index in [9.17, 15) is 0 Å². The van der Waals surface area contributed by atoms with Gasteiger partial charge in [0.15, 0.2) is 0 Å². The molecule has 2 nitrogen and oxygen atoms in total. The molecule has 0 aromatic heterocycles. The molecule has 0 bridgehead atoms. The molecule has 0 radical (unpaired) electrons. The third kappa shape index (κ3) is 3.40. The van der Waals surface area contributed by atoms with E-state index in [1.54, 1.807) is 7.11 Å². The normalized spacial score (nSPS) is 12.3. The van der Waals surface area contributed by atoms with Gasteiger partial charge in [0, 0.05) is 19.0 Å². The van der Waals surface area contributed by atoms with E-state index in [1.165, 1.54) is 0 Å². The van der Waals surface area contributed by atoms with E-state index in [2.05, 4.69) is 47.8 Å². The van der Waals surface area contributed by atoms with Crippen LogP contribution < -0.4 is 10.5 Å². The smallest absolute Gasteiger partial charge is 0.124 e. The van der Waals surface area contributed by atoms with Gasteiger partial charge in [0.1, 0.15) is 5.75 Å². The molecule has 19 heavy (non-hydrogen) atoms. The third-order valence-corrected chi connectivity index (χ3v) is 4.50. The number of hydrogen-bond acceptors (Lipinski definition) is 2. The van der Waals surface area contributed by atoms with E-state index in [0.717, 1.165) is 30.3 Å². The molecule has 2 N–H and O–H groups in total. The Balaban J connectivity index is 2.49. The summed E-state index contributed by atoms with van der Waals surface area (Å²) in [6, 6.07) is 11.5. The van der Waals surface area contributed by atoms with Crippen LogP contribution in [-0.2, 0) is 0 Å². The van der Waals surface area contributed by atoms with Crippen LogP contribution in [0.25, 0.3) is 0 Å². The fraction of sp³-hybridized carbons (Fsp3) is 0.143. The maximum absolute atomic E-state index is 6.37. The van der Waals surface area contributed by atoms with Crippen LogP contribution in [0.4, 0.5) is 0 Å². The maximum Gasteiger partial charge on any atom is 0.124 e. The molecular formula is C14H12Br3NO. The van der Waals surface area contributed by atoms with Crippen molar-refractivity contribution in [2.45, 2.75) is 6.04 Å². The summed E-state index contributed by atoms with van der Waals surface area (Å²) in [6.45, 7) is 0. The summed E-state index contributed by atoms with van der Waals surface area (Å²) in [5, 5.41) is 0. The number of ether oxygens (including phenoxy) is 1. The summed E-state index contributed by atoms with van der Waals surface area (Å²) in [6.07, 6.45) is 0. The van der Waals surface area contributed by atoms with Gasteiger partial charge in [-0.3, -0.25) is 0 Å². The molecule has 1 atom stereocenters. The van der Waals surface area contributed by atoms with Crippen molar-refractivity contribution in [3.8, 4) is 5.75 Å². The summed E-state index contributed by atoms with van der Waals surface area (Å²) in [5.74, 6) is 0.783. The standard InChI is InChI=1S/C14H12Br3NO/c1-19-13-5-3-8(15)6-11(13)14(18)10-4-2-9(16)7-12(10)17/h2-7,14H,18H2,1H3. The summed E-state index contributed by atoms with van der Waals surface area (Å²) in [7, 11) is 1.65. The highest BCUT2D eigenvalue weighted by Crippen LogP contribution is 2.34. The number of rotatable bonds is 3. The molecule has 0 saturated heterocycles. The van der Waals surface area contributed by atoms with Gasteiger partial charge in [-0.25, -0.2) is 0 Å². The number of halogens is 3. The Bertz CT molecular complexity index is 601. The van der Waals surface area contributed by atoms with Crippen LogP contribution in [0.2, 0.25) is 0 Å². The molecule has 0 aliphatic heterocycles. The topological polar surface area (TPSA) is 35.2 Å². The molecule has 0 aliphatic carbocycles. The SMILES string of the molecule is COc1ccc(Br)cc1C(N)c1ccc(Br)cc1Br. The quantitative estimate of drug-likeness (QED) is 0.713. The molecule has 0 spiro atoms. The molecule has 0 saturated carbocycles. The Hall–Kier alpha value is -0.360. The molecule has 2 aromatic carbocycles. The molecule has 100 valence electrons. The van der Waals surface area contributed by atoms with E-state index in [0.29, 0.717) is 0 Å². The second-order valence-corrected chi connectivity index (χ2v) is 6.72. The Morgan fingerprint density at radius 3 is 2.21 bits per heavy atom. The summed E-state index contributed by atoms with van der Waals surface area (Å²) < 4.78 is 8.34. The predicted octanol–water partition coefficient (Wildman–Crippen LogP) is 5.03.